The Kier molecular flexibility index (Phi) is 6.50. The van der Waals surface area contributed by atoms with Gasteiger partial charge in [0, 0.05) is 32.8 Å². The van der Waals surface area contributed by atoms with Gasteiger partial charge < -0.3 is 15.0 Å². The highest BCUT2D eigenvalue weighted by Gasteiger charge is 2.45. The maximum absolute atomic E-state index is 13.0. The Morgan fingerprint density at radius 1 is 1.27 bits per heavy atom. The minimum Gasteiger partial charge on any atom is -0.384 e. The summed E-state index contributed by atoms with van der Waals surface area (Å²) >= 11 is 0. The average molecular weight is 332 g/mol. The van der Waals surface area contributed by atoms with E-state index in [0.29, 0.717) is 18.6 Å². The first-order valence-electron chi connectivity index (χ1n) is 8.48. The maximum atomic E-state index is 13.0. The van der Waals surface area contributed by atoms with Crippen LogP contribution in [0.25, 0.3) is 0 Å². The third-order valence-corrected chi connectivity index (χ3v) is 5.48. The zero-order valence-electron chi connectivity index (χ0n) is 13.7. The molecular formula is C16H30ClN3O2. The lowest BCUT2D eigenvalue weighted by molar-refractivity contribution is -0.143. The average Bonchev–Trinajstić information content (AvgIpc) is 3.18. The van der Waals surface area contributed by atoms with Gasteiger partial charge in [0.15, 0.2) is 0 Å². The van der Waals surface area contributed by atoms with Gasteiger partial charge in [-0.3, -0.25) is 9.69 Å². The van der Waals surface area contributed by atoms with Gasteiger partial charge in [0.2, 0.25) is 5.91 Å². The second kappa shape index (κ2) is 7.95. The fraction of sp³-hybridized carbons (Fsp3) is 0.938. The number of carbonyl (C=O) groups is 1. The van der Waals surface area contributed by atoms with Crippen molar-refractivity contribution in [3.8, 4) is 0 Å². The van der Waals surface area contributed by atoms with E-state index in [2.05, 4.69) is 15.1 Å². The van der Waals surface area contributed by atoms with Crippen molar-refractivity contribution < 1.29 is 9.53 Å². The number of amides is 1. The first kappa shape index (κ1) is 18.0. The molecule has 2 unspecified atom stereocenters. The molecule has 0 spiro atoms. The molecule has 0 aromatic heterocycles. The molecule has 3 aliphatic rings. The number of ether oxygens (including phenoxy) is 1. The number of hydrogen-bond acceptors (Lipinski definition) is 4. The van der Waals surface area contributed by atoms with Crippen LogP contribution in [0.4, 0.5) is 0 Å². The van der Waals surface area contributed by atoms with Crippen LogP contribution in [0, 0.1) is 5.41 Å². The monoisotopic (exact) mass is 331 g/mol. The van der Waals surface area contributed by atoms with Gasteiger partial charge in [0.25, 0.3) is 0 Å². The highest BCUT2D eigenvalue weighted by Crippen LogP contribution is 2.31. The summed E-state index contributed by atoms with van der Waals surface area (Å²) in [6, 6.07) is 0.586. The maximum Gasteiger partial charge on any atom is 0.232 e. The molecule has 6 heteroatoms. The molecule has 2 atom stereocenters. The molecule has 5 nitrogen and oxygen atoms in total. The lowest BCUT2D eigenvalue weighted by atomic mass is 9.86. The number of carbonyl (C=O) groups excluding carboxylic acids is 1. The van der Waals surface area contributed by atoms with E-state index in [1.54, 1.807) is 7.11 Å². The molecule has 3 aliphatic heterocycles. The van der Waals surface area contributed by atoms with Crippen molar-refractivity contribution in [1.29, 1.82) is 0 Å². The van der Waals surface area contributed by atoms with Crippen LogP contribution in [0.1, 0.15) is 32.1 Å². The van der Waals surface area contributed by atoms with Gasteiger partial charge >= 0.3 is 0 Å². The Morgan fingerprint density at radius 3 is 2.68 bits per heavy atom. The van der Waals surface area contributed by atoms with Crippen LogP contribution in [0.2, 0.25) is 0 Å². The molecule has 0 saturated carbocycles. The molecule has 0 aliphatic carbocycles. The first-order chi connectivity index (χ1) is 10.2. The van der Waals surface area contributed by atoms with Crippen LogP contribution in [0.5, 0.6) is 0 Å². The number of methoxy groups -OCH3 is 1. The SMILES string of the molecule is COCC1(C(=O)N2CCC(N3CCCCC3)C2)CCNC1.Cl. The third kappa shape index (κ3) is 3.58. The lowest BCUT2D eigenvalue weighted by Crippen LogP contribution is -2.48. The fourth-order valence-corrected chi connectivity index (χ4v) is 4.23. The Hall–Kier alpha value is -0.360. The highest BCUT2D eigenvalue weighted by molar-refractivity contribution is 5.85. The number of rotatable bonds is 4. The summed E-state index contributed by atoms with van der Waals surface area (Å²) in [5, 5.41) is 3.34. The van der Waals surface area contributed by atoms with E-state index in [0.717, 1.165) is 39.0 Å². The van der Waals surface area contributed by atoms with Crippen LogP contribution in [0.15, 0.2) is 0 Å². The van der Waals surface area contributed by atoms with Gasteiger partial charge in [-0.1, -0.05) is 6.42 Å². The molecule has 0 bridgehead atoms. The van der Waals surface area contributed by atoms with Crippen molar-refractivity contribution in [3.63, 3.8) is 0 Å². The van der Waals surface area contributed by atoms with Crippen LogP contribution >= 0.6 is 12.4 Å². The van der Waals surface area contributed by atoms with E-state index in [4.69, 9.17) is 4.74 Å². The predicted molar refractivity (Wildman–Crippen MR) is 89.5 cm³/mol. The van der Waals surface area contributed by atoms with Gasteiger partial charge in [0.1, 0.15) is 0 Å². The molecule has 3 rings (SSSR count). The van der Waals surface area contributed by atoms with E-state index in [1.807, 2.05) is 0 Å². The molecular weight excluding hydrogens is 302 g/mol. The lowest BCUT2D eigenvalue weighted by Gasteiger charge is -2.34. The summed E-state index contributed by atoms with van der Waals surface area (Å²) in [7, 11) is 1.70. The number of nitrogens with zero attached hydrogens (tertiary/aromatic N) is 2. The summed E-state index contributed by atoms with van der Waals surface area (Å²) in [6.45, 7) is 6.53. The molecule has 3 fully saturated rings. The number of piperidine rings is 1. The number of hydrogen-bond donors (Lipinski definition) is 1. The van der Waals surface area contributed by atoms with Crippen molar-refractivity contribution in [2.24, 2.45) is 5.41 Å². The normalized spacial score (nSPS) is 33.0. The van der Waals surface area contributed by atoms with E-state index >= 15 is 0 Å². The molecule has 3 heterocycles. The number of likely N-dealkylation sites (tertiary alicyclic amines) is 2. The Balaban J connectivity index is 0.00000176. The second-order valence-electron chi connectivity index (χ2n) is 6.93. The predicted octanol–water partition coefficient (Wildman–Crippen LogP) is 1.12. The largest absolute Gasteiger partial charge is 0.384 e. The highest BCUT2D eigenvalue weighted by atomic mass is 35.5. The van der Waals surface area contributed by atoms with Crippen LogP contribution in [0.3, 0.4) is 0 Å². The topological polar surface area (TPSA) is 44.8 Å². The smallest absolute Gasteiger partial charge is 0.232 e. The van der Waals surface area contributed by atoms with E-state index in [1.165, 1.54) is 32.4 Å². The summed E-state index contributed by atoms with van der Waals surface area (Å²) in [4.78, 5) is 17.7. The van der Waals surface area contributed by atoms with Crippen molar-refractivity contribution in [2.75, 3.05) is 53.0 Å². The molecule has 0 aromatic carbocycles. The van der Waals surface area contributed by atoms with Gasteiger partial charge in [-0.05, 0) is 45.3 Å². The molecule has 22 heavy (non-hydrogen) atoms. The molecule has 128 valence electrons. The standard InChI is InChI=1S/C16H29N3O2.ClH/c1-21-13-16(6-7-17-12-16)15(20)19-10-5-14(11-19)18-8-3-2-4-9-18;/h14,17H,2-13H2,1H3;1H. The van der Waals surface area contributed by atoms with Crippen LogP contribution < -0.4 is 5.32 Å². The van der Waals surface area contributed by atoms with Crippen LogP contribution in [-0.2, 0) is 9.53 Å². The van der Waals surface area contributed by atoms with Crippen molar-refractivity contribution in [1.82, 2.24) is 15.1 Å². The molecule has 3 saturated heterocycles. The fourth-order valence-electron chi connectivity index (χ4n) is 4.23. The quantitative estimate of drug-likeness (QED) is 0.838. The van der Waals surface area contributed by atoms with Gasteiger partial charge in [-0.2, -0.15) is 0 Å². The number of halogens is 1. The first-order valence-corrected chi connectivity index (χ1v) is 8.48. The van der Waals surface area contributed by atoms with Crippen molar-refractivity contribution in [3.05, 3.63) is 0 Å². The molecule has 0 radical (unpaired) electrons. The number of nitrogens with one attached hydrogen (secondary N) is 1. The van der Waals surface area contributed by atoms with Gasteiger partial charge in [-0.15, -0.1) is 12.4 Å². The Labute approximate surface area is 140 Å². The molecule has 1 amide bonds. The summed E-state index contributed by atoms with van der Waals surface area (Å²) < 4.78 is 5.36. The molecule has 1 N–H and O–H groups in total. The summed E-state index contributed by atoms with van der Waals surface area (Å²) in [6.07, 6.45) is 6.06. The van der Waals surface area contributed by atoms with Gasteiger partial charge in [0.05, 0.1) is 12.0 Å². The second-order valence-corrected chi connectivity index (χ2v) is 6.93. The zero-order chi connectivity index (χ0) is 14.7. The summed E-state index contributed by atoms with van der Waals surface area (Å²) in [5.74, 6) is 0.314. The van der Waals surface area contributed by atoms with Crippen molar-refractivity contribution >= 4 is 18.3 Å². The van der Waals surface area contributed by atoms with E-state index in [9.17, 15) is 4.79 Å². The Bertz CT molecular complexity index is 368. The molecule has 0 aromatic rings. The van der Waals surface area contributed by atoms with Crippen molar-refractivity contribution in [2.45, 2.75) is 38.1 Å². The zero-order valence-corrected chi connectivity index (χ0v) is 14.5. The van der Waals surface area contributed by atoms with E-state index < -0.39 is 0 Å². The minimum absolute atomic E-state index is 0. The van der Waals surface area contributed by atoms with E-state index in [-0.39, 0.29) is 17.8 Å². The Morgan fingerprint density at radius 2 is 2.05 bits per heavy atom. The van der Waals surface area contributed by atoms with Gasteiger partial charge in [-0.25, -0.2) is 0 Å². The summed E-state index contributed by atoms with van der Waals surface area (Å²) in [5.41, 5.74) is -0.314. The minimum atomic E-state index is -0.314. The van der Waals surface area contributed by atoms with Crippen LogP contribution in [-0.4, -0.2) is 74.7 Å². The third-order valence-electron chi connectivity index (χ3n) is 5.48.